The molecule has 2 aliphatic heterocycles. The van der Waals surface area contributed by atoms with Crippen molar-refractivity contribution >= 4 is 6.03 Å². The number of amides is 2. The molecule has 1 aromatic rings. The van der Waals surface area contributed by atoms with Crippen LogP contribution in [0, 0.1) is 0 Å². The van der Waals surface area contributed by atoms with E-state index >= 15 is 0 Å². The molecule has 0 radical (unpaired) electrons. The van der Waals surface area contributed by atoms with E-state index in [1.54, 1.807) is 6.20 Å². The van der Waals surface area contributed by atoms with Crippen LogP contribution in [0.1, 0.15) is 51.0 Å². The largest absolute Gasteiger partial charge is 0.373 e. The van der Waals surface area contributed by atoms with Gasteiger partial charge in [-0.05, 0) is 56.8 Å². The number of rotatable bonds is 7. The number of likely N-dealkylation sites (tertiary alicyclic amines) is 2. The van der Waals surface area contributed by atoms with E-state index in [9.17, 15) is 4.79 Å². The van der Waals surface area contributed by atoms with Crippen LogP contribution in [0.3, 0.4) is 0 Å². The van der Waals surface area contributed by atoms with Gasteiger partial charge in [-0.3, -0.25) is 9.88 Å². The summed E-state index contributed by atoms with van der Waals surface area (Å²) in [6, 6.07) is 4.51. The Kier molecular flexibility index (Phi) is 7.90. The van der Waals surface area contributed by atoms with Crippen molar-refractivity contribution in [3.05, 3.63) is 30.1 Å². The fourth-order valence-electron chi connectivity index (χ4n) is 4.06. The Bertz CT molecular complexity index is 555. The topological polar surface area (TPSA) is 57.7 Å². The van der Waals surface area contributed by atoms with E-state index in [0.29, 0.717) is 12.6 Å². The van der Waals surface area contributed by atoms with Crippen molar-refractivity contribution in [1.29, 1.82) is 0 Å². The summed E-state index contributed by atoms with van der Waals surface area (Å²) >= 11 is 0. The number of ether oxygens (including phenoxy) is 1. The van der Waals surface area contributed by atoms with Gasteiger partial charge in [-0.2, -0.15) is 0 Å². The molecular weight excluding hydrogens is 340 g/mol. The highest BCUT2D eigenvalue weighted by molar-refractivity contribution is 5.74. The Morgan fingerprint density at radius 1 is 1.26 bits per heavy atom. The number of pyridine rings is 1. The molecule has 0 aromatic carbocycles. The highest BCUT2D eigenvalue weighted by Crippen LogP contribution is 2.16. The average Bonchev–Trinajstić information content (AvgIpc) is 2.74. The Morgan fingerprint density at radius 3 is 2.70 bits per heavy atom. The number of aromatic nitrogens is 1. The first kappa shape index (κ1) is 20.1. The molecule has 0 bridgehead atoms. The third-order valence-corrected chi connectivity index (χ3v) is 5.80. The Balaban J connectivity index is 1.35. The number of carbonyl (C=O) groups excluding carboxylic acids is 1. The number of piperidine rings is 2. The number of hydrogen-bond acceptors (Lipinski definition) is 4. The number of nitrogens with zero attached hydrogens (tertiary/aromatic N) is 3. The molecule has 0 spiro atoms. The predicted molar refractivity (Wildman–Crippen MR) is 107 cm³/mol. The second-order valence-electron chi connectivity index (χ2n) is 7.70. The molecular formula is C21H34N4O2. The van der Waals surface area contributed by atoms with Crippen molar-refractivity contribution in [2.75, 3.05) is 32.7 Å². The van der Waals surface area contributed by atoms with Crippen LogP contribution in [-0.2, 0) is 11.3 Å². The third-order valence-electron chi connectivity index (χ3n) is 5.80. The van der Waals surface area contributed by atoms with Crippen LogP contribution < -0.4 is 5.32 Å². The van der Waals surface area contributed by atoms with Gasteiger partial charge in [0, 0.05) is 38.1 Å². The predicted octanol–water partition coefficient (Wildman–Crippen LogP) is 3.04. The SMILES string of the molecule is CCC(CNC(=O)N1CCC(OCc2cccnc2)CC1)N1CCCCC1. The summed E-state index contributed by atoms with van der Waals surface area (Å²) in [5.74, 6) is 0. The van der Waals surface area contributed by atoms with E-state index in [4.69, 9.17) is 4.74 Å². The van der Waals surface area contributed by atoms with E-state index in [1.165, 1.54) is 32.4 Å². The second-order valence-corrected chi connectivity index (χ2v) is 7.70. The molecule has 2 fully saturated rings. The van der Waals surface area contributed by atoms with E-state index in [0.717, 1.165) is 44.5 Å². The van der Waals surface area contributed by atoms with E-state index in [-0.39, 0.29) is 12.1 Å². The highest BCUT2D eigenvalue weighted by atomic mass is 16.5. The first-order chi connectivity index (χ1) is 13.3. The minimum absolute atomic E-state index is 0.0798. The third kappa shape index (κ3) is 6.18. The Hall–Kier alpha value is -1.66. The zero-order valence-corrected chi connectivity index (χ0v) is 16.6. The zero-order chi connectivity index (χ0) is 18.9. The van der Waals surface area contributed by atoms with Crippen molar-refractivity contribution in [2.45, 2.75) is 64.2 Å². The molecule has 0 saturated carbocycles. The van der Waals surface area contributed by atoms with Crippen LogP contribution in [0.5, 0.6) is 0 Å². The maximum absolute atomic E-state index is 12.5. The molecule has 27 heavy (non-hydrogen) atoms. The van der Waals surface area contributed by atoms with Crippen molar-refractivity contribution in [1.82, 2.24) is 20.1 Å². The van der Waals surface area contributed by atoms with Gasteiger partial charge in [0.05, 0.1) is 12.7 Å². The number of nitrogens with one attached hydrogen (secondary N) is 1. The smallest absolute Gasteiger partial charge is 0.317 e. The van der Waals surface area contributed by atoms with E-state index in [2.05, 4.69) is 22.1 Å². The van der Waals surface area contributed by atoms with Gasteiger partial charge in [0.15, 0.2) is 0 Å². The fraction of sp³-hybridized carbons (Fsp3) is 0.714. The first-order valence-corrected chi connectivity index (χ1v) is 10.5. The van der Waals surface area contributed by atoms with Crippen LogP contribution in [-0.4, -0.2) is 65.7 Å². The summed E-state index contributed by atoms with van der Waals surface area (Å²) in [4.78, 5) is 21.1. The minimum Gasteiger partial charge on any atom is -0.373 e. The number of carbonyl (C=O) groups is 1. The Labute approximate surface area is 163 Å². The molecule has 1 aromatic heterocycles. The van der Waals surface area contributed by atoms with Gasteiger partial charge >= 0.3 is 6.03 Å². The molecule has 6 nitrogen and oxygen atoms in total. The summed E-state index contributed by atoms with van der Waals surface area (Å²) in [7, 11) is 0. The summed E-state index contributed by atoms with van der Waals surface area (Å²) < 4.78 is 5.99. The minimum atomic E-state index is 0.0798. The van der Waals surface area contributed by atoms with Crippen LogP contribution in [0.2, 0.25) is 0 Å². The summed E-state index contributed by atoms with van der Waals surface area (Å²) in [6.07, 6.45) is 10.7. The van der Waals surface area contributed by atoms with Crippen LogP contribution in [0.15, 0.2) is 24.5 Å². The van der Waals surface area contributed by atoms with Gasteiger partial charge < -0.3 is 15.0 Å². The standard InChI is InChI=1S/C21H34N4O2/c1-2-19(24-11-4-3-5-12-24)16-23-21(26)25-13-8-20(9-14-25)27-17-18-7-6-10-22-15-18/h6-7,10,15,19-20H,2-5,8-9,11-14,16-17H2,1H3,(H,23,26). The Morgan fingerprint density at radius 2 is 2.04 bits per heavy atom. The van der Waals surface area contributed by atoms with Crippen molar-refractivity contribution < 1.29 is 9.53 Å². The molecule has 2 aliphatic rings. The lowest BCUT2D eigenvalue weighted by atomic mass is 10.1. The van der Waals surface area contributed by atoms with Gasteiger partial charge in [-0.15, -0.1) is 0 Å². The lowest BCUT2D eigenvalue weighted by molar-refractivity contribution is 0.00422. The molecule has 1 atom stereocenters. The van der Waals surface area contributed by atoms with Crippen molar-refractivity contribution in [3.8, 4) is 0 Å². The lowest BCUT2D eigenvalue weighted by Crippen LogP contribution is -2.50. The maximum Gasteiger partial charge on any atom is 0.317 e. The maximum atomic E-state index is 12.5. The van der Waals surface area contributed by atoms with Crippen LogP contribution in [0.25, 0.3) is 0 Å². The van der Waals surface area contributed by atoms with Gasteiger partial charge in [0.1, 0.15) is 0 Å². The van der Waals surface area contributed by atoms with Gasteiger partial charge in [-0.1, -0.05) is 19.4 Å². The molecule has 6 heteroatoms. The molecule has 3 heterocycles. The quantitative estimate of drug-likeness (QED) is 0.797. The highest BCUT2D eigenvalue weighted by Gasteiger charge is 2.25. The number of hydrogen-bond donors (Lipinski definition) is 1. The molecule has 3 rings (SSSR count). The second kappa shape index (κ2) is 10.6. The average molecular weight is 375 g/mol. The van der Waals surface area contributed by atoms with Crippen molar-refractivity contribution in [2.24, 2.45) is 0 Å². The molecule has 0 aliphatic carbocycles. The van der Waals surface area contributed by atoms with Gasteiger partial charge in [0.25, 0.3) is 0 Å². The fourth-order valence-corrected chi connectivity index (χ4v) is 4.06. The monoisotopic (exact) mass is 374 g/mol. The summed E-state index contributed by atoms with van der Waals surface area (Å²) in [6.45, 7) is 7.46. The normalized spacial score (nSPS) is 20.4. The van der Waals surface area contributed by atoms with Crippen LogP contribution in [0.4, 0.5) is 4.79 Å². The molecule has 2 amide bonds. The van der Waals surface area contributed by atoms with Gasteiger partial charge in [-0.25, -0.2) is 4.79 Å². The van der Waals surface area contributed by atoms with E-state index < -0.39 is 0 Å². The number of urea groups is 1. The van der Waals surface area contributed by atoms with E-state index in [1.807, 2.05) is 23.2 Å². The van der Waals surface area contributed by atoms with Gasteiger partial charge in [0.2, 0.25) is 0 Å². The molecule has 2 saturated heterocycles. The first-order valence-electron chi connectivity index (χ1n) is 10.5. The molecule has 1 N–H and O–H groups in total. The van der Waals surface area contributed by atoms with Crippen molar-refractivity contribution in [3.63, 3.8) is 0 Å². The van der Waals surface area contributed by atoms with Crippen LogP contribution >= 0.6 is 0 Å². The lowest BCUT2D eigenvalue weighted by Gasteiger charge is -2.35. The summed E-state index contributed by atoms with van der Waals surface area (Å²) in [5.41, 5.74) is 1.10. The molecule has 1 unspecified atom stereocenters. The zero-order valence-electron chi connectivity index (χ0n) is 16.6. The summed E-state index contributed by atoms with van der Waals surface area (Å²) in [5, 5.41) is 3.17. The molecule has 150 valence electrons.